The van der Waals surface area contributed by atoms with Crippen LogP contribution in [0.15, 0.2) is 46.9 Å². The van der Waals surface area contributed by atoms with E-state index in [4.69, 9.17) is 9.15 Å². The summed E-state index contributed by atoms with van der Waals surface area (Å²) in [7, 11) is 1.56. The summed E-state index contributed by atoms with van der Waals surface area (Å²) < 4.78 is 11.0. The standard InChI is InChI=1S/C22H22N2O4/c1-14-9-10-16(13-17(14)24-11-4-3-8-20(24)25)23-22(26)19-12-15-6-5-7-18(27-2)21(15)28-19/h5-7,9-10,12-13H,3-4,8,11H2,1-2H3,(H,23,26). The van der Waals surface area contributed by atoms with Gasteiger partial charge in [0.25, 0.3) is 5.91 Å². The zero-order valence-corrected chi connectivity index (χ0v) is 16.0. The molecule has 0 saturated carbocycles. The highest BCUT2D eigenvalue weighted by atomic mass is 16.5. The number of rotatable bonds is 4. The lowest BCUT2D eigenvalue weighted by Gasteiger charge is -2.28. The maximum atomic E-state index is 12.7. The molecule has 0 radical (unpaired) electrons. The Morgan fingerprint density at radius 1 is 1.18 bits per heavy atom. The van der Waals surface area contributed by atoms with Crippen molar-refractivity contribution in [3.63, 3.8) is 0 Å². The normalized spacial score (nSPS) is 14.4. The summed E-state index contributed by atoms with van der Waals surface area (Å²) in [5.74, 6) is 0.564. The van der Waals surface area contributed by atoms with Crippen LogP contribution in [0.3, 0.4) is 0 Å². The number of piperidine rings is 1. The van der Waals surface area contributed by atoms with Crippen LogP contribution in [-0.2, 0) is 4.79 Å². The van der Waals surface area contributed by atoms with Crippen LogP contribution in [0.2, 0.25) is 0 Å². The van der Waals surface area contributed by atoms with E-state index in [1.165, 1.54) is 0 Å². The van der Waals surface area contributed by atoms with Gasteiger partial charge in [-0.05, 0) is 49.6 Å². The minimum absolute atomic E-state index is 0.127. The zero-order chi connectivity index (χ0) is 19.7. The molecule has 1 fully saturated rings. The van der Waals surface area contributed by atoms with Crippen molar-refractivity contribution in [3.8, 4) is 5.75 Å². The summed E-state index contributed by atoms with van der Waals surface area (Å²) in [6, 6.07) is 12.8. The van der Waals surface area contributed by atoms with Gasteiger partial charge in [-0.2, -0.15) is 0 Å². The van der Waals surface area contributed by atoms with E-state index in [1.807, 2.05) is 37.3 Å². The van der Waals surface area contributed by atoms with E-state index in [2.05, 4.69) is 5.32 Å². The summed E-state index contributed by atoms with van der Waals surface area (Å²) >= 11 is 0. The van der Waals surface area contributed by atoms with Gasteiger partial charge in [0, 0.05) is 29.7 Å². The van der Waals surface area contributed by atoms with Crippen LogP contribution in [0, 0.1) is 6.92 Å². The molecular weight excluding hydrogens is 356 g/mol. The number of anilines is 2. The highest BCUT2D eigenvalue weighted by molar-refractivity contribution is 6.05. The van der Waals surface area contributed by atoms with Crippen LogP contribution in [0.5, 0.6) is 5.75 Å². The topological polar surface area (TPSA) is 71.8 Å². The molecule has 6 heteroatoms. The van der Waals surface area contributed by atoms with E-state index in [1.54, 1.807) is 24.1 Å². The van der Waals surface area contributed by atoms with Gasteiger partial charge in [0.05, 0.1) is 7.11 Å². The molecule has 28 heavy (non-hydrogen) atoms. The number of carbonyl (C=O) groups excluding carboxylic acids is 2. The Bertz CT molecular complexity index is 1050. The third-order valence-corrected chi connectivity index (χ3v) is 5.03. The van der Waals surface area contributed by atoms with Gasteiger partial charge < -0.3 is 19.4 Å². The van der Waals surface area contributed by atoms with Crippen LogP contribution in [-0.4, -0.2) is 25.5 Å². The molecule has 1 saturated heterocycles. The molecule has 144 valence electrons. The fourth-order valence-electron chi connectivity index (χ4n) is 3.54. The molecule has 4 rings (SSSR count). The molecular formula is C22H22N2O4. The van der Waals surface area contributed by atoms with E-state index < -0.39 is 0 Å². The molecule has 1 aliphatic rings. The molecule has 1 aliphatic heterocycles. The molecule has 0 aliphatic carbocycles. The van der Waals surface area contributed by atoms with Gasteiger partial charge in [-0.25, -0.2) is 0 Å². The number of methoxy groups -OCH3 is 1. The number of aryl methyl sites for hydroxylation is 1. The quantitative estimate of drug-likeness (QED) is 0.725. The number of amides is 2. The van der Waals surface area contributed by atoms with E-state index in [0.717, 1.165) is 29.5 Å². The first-order valence-corrected chi connectivity index (χ1v) is 9.36. The lowest BCUT2D eigenvalue weighted by atomic mass is 10.1. The molecule has 1 aromatic heterocycles. The van der Waals surface area contributed by atoms with Crippen LogP contribution >= 0.6 is 0 Å². The largest absolute Gasteiger partial charge is 0.493 e. The summed E-state index contributed by atoms with van der Waals surface area (Å²) in [6.45, 7) is 2.68. The van der Waals surface area contributed by atoms with Crippen molar-refractivity contribution in [2.24, 2.45) is 0 Å². The van der Waals surface area contributed by atoms with Crippen LogP contribution in [0.25, 0.3) is 11.0 Å². The summed E-state index contributed by atoms with van der Waals surface area (Å²) in [5, 5.41) is 3.67. The third kappa shape index (κ3) is 3.33. The van der Waals surface area contributed by atoms with Gasteiger partial charge in [0.2, 0.25) is 5.91 Å². The Kier molecular flexibility index (Phi) is 4.77. The Labute approximate surface area is 163 Å². The van der Waals surface area contributed by atoms with E-state index in [0.29, 0.717) is 30.0 Å². The van der Waals surface area contributed by atoms with Crippen molar-refractivity contribution in [1.82, 2.24) is 0 Å². The SMILES string of the molecule is COc1cccc2cc(C(=O)Nc3ccc(C)c(N4CCCCC4=O)c3)oc12. The van der Waals surface area contributed by atoms with Crippen molar-refractivity contribution in [2.45, 2.75) is 26.2 Å². The average molecular weight is 378 g/mol. The maximum Gasteiger partial charge on any atom is 0.291 e. The van der Waals surface area contributed by atoms with Crippen LogP contribution in [0.4, 0.5) is 11.4 Å². The predicted molar refractivity (Wildman–Crippen MR) is 108 cm³/mol. The number of hydrogen-bond acceptors (Lipinski definition) is 4. The second-order valence-electron chi connectivity index (χ2n) is 6.95. The number of nitrogens with zero attached hydrogens (tertiary/aromatic N) is 1. The molecule has 2 heterocycles. The van der Waals surface area contributed by atoms with E-state index >= 15 is 0 Å². The number of para-hydroxylation sites is 1. The summed E-state index contributed by atoms with van der Waals surface area (Å²) in [6.07, 6.45) is 2.49. The van der Waals surface area contributed by atoms with Gasteiger partial charge in [0.1, 0.15) is 0 Å². The fourth-order valence-corrected chi connectivity index (χ4v) is 3.54. The fraction of sp³-hybridized carbons (Fsp3) is 0.273. The Morgan fingerprint density at radius 2 is 2.04 bits per heavy atom. The minimum atomic E-state index is -0.349. The van der Waals surface area contributed by atoms with E-state index in [9.17, 15) is 9.59 Å². The van der Waals surface area contributed by atoms with Crippen LogP contribution in [0.1, 0.15) is 35.4 Å². The number of hydrogen-bond donors (Lipinski definition) is 1. The molecule has 3 aromatic rings. The molecule has 0 bridgehead atoms. The summed E-state index contributed by atoms with van der Waals surface area (Å²) in [4.78, 5) is 26.8. The van der Waals surface area contributed by atoms with Crippen molar-refractivity contribution < 1.29 is 18.7 Å². The second-order valence-corrected chi connectivity index (χ2v) is 6.95. The number of fused-ring (bicyclic) bond motifs is 1. The second kappa shape index (κ2) is 7.38. The molecule has 0 spiro atoms. The monoisotopic (exact) mass is 378 g/mol. The first-order chi connectivity index (χ1) is 13.6. The van der Waals surface area contributed by atoms with Crippen molar-refractivity contribution in [3.05, 3.63) is 53.8 Å². The average Bonchev–Trinajstić information content (AvgIpc) is 3.14. The van der Waals surface area contributed by atoms with E-state index in [-0.39, 0.29) is 17.6 Å². The highest BCUT2D eigenvalue weighted by Gasteiger charge is 2.22. The van der Waals surface area contributed by atoms with Gasteiger partial charge in [-0.1, -0.05) is 18.2 Å². The van der Waals surface area contributed by atoms with Crippen molar-refractivity contribution in [1.29, 1.82) is 0 Å². The maximum absolute atomic E-state index is 12.7. The molecule has 0 unspecified atom stereocenters. The third-order valence-electron chi connectivity index (χ3n) is 5.03. The number of furan rings is 1. The molecule has 0 atom stereocenters. The predicted octanol–water partition coefficient (Wildman–Crippen LogP) is 4.52. The number of carbonyl (C=O) groups is 2. The Hall–Kier alpha value is -3.28. The molecule has 2 aromatic carbocycles. The number of nitrogens with one attached hydrogen (secondary N) is 1. The van der Waals surface area contributed by atoms with Crippen LogP contribution < -0.4 is 15.0 Å². The van der Waals surface area contributed by atoms with Crippen molar-refractivity contribution >= 4 is 34.2 Å². The van der Waals surface area contributed by atoms with Gasteiger partial charge in [-0.3, -0.25) is 9.59 Å². The lowest BCUT2D eigenvalue weighted by Crippen LogP contribution is -2.35. The highest BCUT2D eigenvalue weighted by Crippen LogP contribution is 2.30. The van der Waals surface area contributed by atoms with Crippen molar-refractivity contribution in [2.75, 3.05) is 23.9 Å². The van der Waals surface area contributed by atoms with Gasteiger partial charge in [-0.15, -0.1) is 0 Å². The number of benzene rings is 2. The molecule has 2 amide bonds. The first-order valence-electron chi connectivity index (χ1n) is 9.36. The minimum Gasteiger partial charge on any atom is -0.493 e. The lowest BCUT2D eigenvalue weighted by molar-refractivity contribution is -0.119. The molecule has 6 nitrogen and oxygen atoms in total. The first kappa shape index (κ1) is 18.1. The zero-order valence-electron chi connectivity index (χ0n) is 16.0. The Balaban J connectivity index is 1.60. The summed E-state index contributed by atoms with van der Waals surface area (Å²) in [5.41, 5.74) is 3.01. The molecule has 1 N–H and O–H groups in total. The Morgan fingerprint density at radius 3 is 2.82 bits per heavy atom. The van der Waals surface area contributed by atoms with Gasteiger partial charge in [0.15, 0.2) is 17.1 Å². The smallest absolute Gasteiger partial charge is 0.291 e. The number of ether oxygens (including phenoxy) is 1. The van der Waals surface area contributed by atoms with Gasteiger partial charge >= 0.3 is 0 Å².